The Labute approximate surface area is 106 Å². The fraction of sp³-hybridized carbons (Fsp3) is 1.00. The Morgan fingerprint density at radius 2 is 1.62 bits per heavy atom. The summed E-state index contributed by atoms with van der Waals surface area (Å²) in [7, 11) is 0. The van der Waals surface area contributed by atoms with Crippen LogP contribution in [0.25, 0.3) is 0 Å². The van der Waals surface area contributed by atoms with Crippen molar-refractivity contribution in [3.63, 3.8) is 0 Å². The molecule has 0 spiro atoms. The molecule has 0 N–H and O–H groups in total. The summed E-state index contributed by atoms with van der Waals surface area (Å²) in [6.45, 7) is 10.3. The van der Waals surface area contributed by atoms with Crippen LogP contribution in [0.4, 0.5) is 0 Å². The molecule has 1 rings (SSSR count). The van der Waals surface area contributed by atoms with Crippen molar-refractivity contribution < 1.29 is 0 Å². The van der Waals surface area contributed by atoms with Gasteiger partial charge in [0.05, 0.1) is 0 Å². The molecule has 0 aliphatic heterocycles. The van der Waals surface area contributed by atoms with Crippen molar-refractivity contribution in [2.75, 3.05) is 38.6 Å². The van der Waals surface area contributed by atoms with Crippen molar-refractivity contribution in [2.24, 2.45) is 0 Å². The van der Waals surface area contributed by atoms with E-state index < -0.39 is 0 Å². The monoisotopic (exact) mass is 246 g/mol. The van der Waals surface area contributed by atoms with Crippen LogP contribution in [-0.2, 0) is 0 Å². The first kappa shape index (κ1) is 14.3. The van der Waals surface area contributed by atoms with E-state index in [1.54, 1.807) is 0 Å². The Hall–Kier alpha value is 0.210. The topological polar surface area (TPSA) is 6.48 Å². The zero-order valence-electron chi connectivity index (χ0n) is 10.9. The number of hydrogen-bond donors (Lipinski definition) is 0. The molecule has 3 heteroatoms. The summed E-state index contributed by atoms with van der Waals surface area (Å²) in [5, 5.41) is 0. The molecule has 0 atom stereocenters. The van der Waals surface area contributed by atoms with Crippen LogP contribution in [-0.4, -0.2) is 54.4 Å². The fourth-order valence-electron chi connectivity index (χ4n) is 2.66. The quantitative estimate of drug-likeness (QED) is 0.608. The van der Waals surface area contributed by atoms with Gasteiger partial charge < -0.3 is 4.90 Å². The molecule has 1 saturated carbocycles. The summed E-state index contributed by atoms with van der Waals surface area (Å²) in [4.78, 5) is 5.11. The molecular weight excluding hydrogens is 220 g/mol. The fourth-order valence-corrected chi connectivity index (χ4v) is 2.88. The predicted octanol–water partition coefficient (Wildman–Crippen LogP) is 2.81. The van der Waals surface area contributed by atoms with Gasteiger partial charge in [0.25, 0.3) is 0 Å². The summed E-state index contributed by atoms with van der Waals surface area (Å²) in [6, 6.07) is 0.814. The lowest BCUT2D eigenvalue weighted by atomic mass is 10.2. The molecule has 0 aromatic carbocycles. The molecule has 0 radical (unpaired) electrons. The second-order valence-corrected chi connectivity index (χ2v) is 5.07. The van der Waals surface area contributed by atoms with Gasteiger partial charge in [-0.05, 0) is 25.9 Å². The van der Waals surface area contributed by atoms with Gasteiger partial charge in [-0.15, -0.1) is 11.6 Å². The standard InChI is InChI=1S/C13H27ClN2/c1-3-15(4-2)11-12-16(10-9-14)13-7-5-6-8-13/h13H,3-12H2,1-2H3. The minimum absolute atomic E-state index is 0.773. The summed E-state index contributed by atoms with van der Waals surface area (Å²) in [5.74, 6) is 0.773. The molecular formula is C13H27ClN2. The van der Waals surface area contributed by atoms with E-state index in [9.17, 15) is 0 Å². The number of halogens is 1. The second kappa shape index (κ2) is 8.32. The Bertz CT molecular complexity index is 165. The van der Waals surface area contributed by atoms with Crippen LogP contribution in [0, 0.1) is 0 Å². The van der Waals surface area contributed by atoms with E-state index in [2.05, 4.69) is 23.6 Å². The summed E-state index contributed by atoms with van der Waals surface area (Å²) < 4.78 is 0. The highest BCUT2D eigenvalue weighted by atomic mass is 35.5. The molecule has 0 aromatic rings. The van der Waals surface area contributed by atoms with Gasteiger partial charge in [-0.3, -0.25) is 4.90 Å². The van der Waals surface area contributed by atoms with E-state index in [0.717, 1.165) is 31.6 Å². The average molecular weight is 247 g/mol. The first-order valence-corrected chi connectivity index (χ1v) is 7.37. The van der Waals surface area contributed by atoms with Crippen LogP contribution in [0.1, 0.15) is 39.5 Å². The van der Waals surface area contributed by atoms with Crippen LogP contribution in [0.5, 0.6) is 0 Å². The third-order valence-electron chi connectivity index (χ3n) is 3.81. The number of alkyl halides is 1. The van der Waals surface area contributed by atoms with E-state index in [0.29, 0.717) is 0 Å². The van der Waals surface area contributed by atoms with Gasteiger partial charge >= 0.3 is 0 Å². The molecule has 0 aromatic heterocycles. The second-order valence-electron chi connectivity index (χ2n) is 4.69. The Balaban J connectivity index is 2.31. The minimum Gasteiger partial charge on any atom is -0.303 e. The van der Waals surface area contributed by atoms with Crippen molar-refractivity contribution in [3.05, 3.63) is 0 Å². The molecule has 0 bridgehead atoms. The smallest absolute Gasteiger partial charge is 0.0351 e. The third-order valence-corrected chi connectivity index (χ3v) is 3.98. The van der Waals surface area contributed by atoms with Gasteiger partial charge in [0.1, 0.15) is 0 Å². The number of likely N-dealkylation sites (N-methyl/N-ethyl adjacent to an activating group) is 1. The lowest BCUT2D eigenvalue weighted by Crippen LogP contribution is -2.41. The van der Waals surface area contributed by atoms with Gasteiger partial charge in [0.2, 0.25) is 0 Å². The van der Waals surface area contributed by atoms with Crippen LogP contribution in [0.2, 0.25) is 0 Å². The first-order valence-electron chi connectivity index (χ1n) is 6.84. The maximum absolute atomic E-state index is 5.90. The molecule has 0 unspecified atom stereocenters. The zero-order valence-corrected chi connectivity index (χ0v) is 11.7. The Morgan fingerprint density at radius 3 is 2.12 bits per heavy atom. The SMILES string of the molecule is CCN(CC)CCN(CCCl)C1CCCC1. The molecule has 1 aliphatic carbocycles. The first-order chi connectivity index (χ1) is 7.81. The Kier molecular flexibility index (Phi) is 7.42. The lowest BCUT2D eigenvalue weighted by molar-refractivity contribution is 0.174. The summed E-state index contributed by atoms with van der Waals surface area (Å²) in [5.41, 5.74) is 0. The third kappa shape index (κ3) is 4.60. The van der Waals surface area contributed by atoms with Gasteiger partial charge in [-0.1, -0.05) is 26.7 Å². The zero-order chi connectivity index (χ0) is 11.8. The van der Waals surface area contributed by atoms with E-state index in [1.807, 2.05) is 0 Å². The van der Waals surface area contributed by atoms with Crippen LogP contribution < -0.4 is 0 Å². The molecule has 0 saturated heterocycles. The Morgan fingerprint density at radius 1 is 1.00 bits per heavy atom. The van der Waals surface area contributed by atoms with Crippen molar-refractivity contribution in [1.29, 1.82) is 0 Å². The van der Waals surface area contributed by atoms with Crippen LogP contribution in [0.3, 0.4) is 0 Å². The number of rotatable bonds is 8. The van der Waals surface area contributed by atoms with Gasteiger partial charge in [0.15, 0.2) is 0 Å². The minimum atomic E-state index is 0.773. The van der Waals surface area contributed by atoms with Gasteiger partial charge in [-0.2, -0.15) is 0 Å². The average Bonchev–Trinajstić information content (AvgIpc) is 2.82. The van der Waals surface area contributed by atoms with Gasteiger partial charge in [-0.25, -0.2) is 0 Å². The maximum Gasteiger partial charge on any atom is 0.0351 e. The maximum atomic E-state index is 5.90. The van der Waals surface area contributed by atoms with Crippen molar-refractivity contribution >= 4 is 11.6 Å². The van der Waals surface area contributed by atoms with E-state index in [-0.39, 0.29) is 0 Å². The molecule has 1 fully saturated rings. The van der Waals surface area contributed by atoms with Crippen LogP contribution >= 0.6 is 11.6 Å². The molecule has 16 heavy (non-hydrogen) atoms. The molecule has 0 heterocycles. The molecule has 96 valence electrons. The predicted molar refractivity (Wildman–Crippen MR) is 72.3 cm³/mol. The van der Waals surface area contributed by atoms with E-state index >= 15 is 0 Å². The molecule has 1 aliphatic rings. The lowest BCUT2D eigenvalue weighted by Gasteiger charge is -2.30. The van der Waals surface area contributed by atoms with E-state index in [1.165, 1.54) is 38.8 Å². The summed E-state index contributed by atoms with van der Waals surface area (Å²) >= 11 is 5.90. The molecule has 2 nitrogen and oxygen atoms in total. The summed E-state index contributed by atoms with van der Waals surface area (Å²) in [6.07, 6.45) is 5.59. The number of nitrogens with zero attached hydrogens (tertiary/aromatic N) is 2. The highest BCUT2D eigenvalue weighted by Gasteiger charge is 2.21. The van der Waals surface area contributed by atoms with Crippen LogP contribution in [0.15, 0.2) is 0 Å². The van der Waals surface area contributed by atoms with Crippen molar-refractivity contribution in [2.45, 2.75) is 45.6 Å². The van der Waals surface area contributed by atoms with Gasteiger partial charge in [0, 0.05) is 31.6 Å². The highest BCUT2D eigenvalue weighted by molar-refractivity contribution is 6.18. The normalized spacial score (nSPS) is 17.8. The largest absolute Gasteiger partial charge is 0.303 e. The number of hydrogen-bond acceptors (Lipinski definition) is 2. The molecule has 0 amide bonds. The van der Waals surface area contributed by atoms with Crippen molar-refractivity contribution in [1.82, 2.24) is 9.80 Å². The van der Waals surface area contributed by atoms with Crippen molar-refractivity contribution in [3.8, 4) is 0 Å². The van der Waals surface area contributed by atoms with E-state index in [4.69, 9.17) is 11.6 Å². The highest BCUT2D eigenvalue weighted by Crippen LogP contribution is 2.23.